The Balaban J connectivity index is 2.35. The number of rotatable bonds is 6. The lowest BCUT2D eigenvalue weighted by atomic mass is 10.1. The van der Waals surface area contributed by atoms with E-state index >= 15 is 0 Å². The SMILES string of the molecule is CON(C)S(=O)(=O)c1cc(C(=O)N(C)Cc2c(F)cccc2Cl)ccc1Cl. The quantitative estimate of drug-likeness (QED) is 0.651. The lowest BCUT2D eigenvalue weighted by Gasteiger charge is -2.20. The fourth-order valence-corrected chi connectivity index (χ4v) is 3.98. The molecule has 0 heterocycles. The molecule has 2 aromatic carbocycles. The third-order valence-corrected chi connectivity index (χ3v) is 6.37. The summed E-state index contributed by atoms with van der Waals surface area (Å²) >= 11 is 12.0. The Kier molecular flexibility index (Phi) is 6.82. The van der Waals surface area contributed by atoms with Gasteiger partial charge in [-0.25, -0.2) is 12.8 Å². The number of carbonyl (C=O) groups is 1. The number of carbonyl (C=O) groups excluding carboxylic acids is 1. The lowest BCUT2D eigenvalue weighted by molar-refractivity contribution is -0.0258. The first-order valence-electron chi connectivity index (χ1n) is 7.60. The van der Waals surface area contributed by atoms with Crippen molar-refractivity contribution in [2.45, 2.75) is 11.4 Å². The summed E-state index contributed by atoms with van der Waals surface area (Å²) in [5.41, 5.74) is 0.230. The molecule has 2 aromatic rings. The predicted molar refractivity (Wildman–Crippen MR) is 101 cm³/mol. The average Bonchev–Trinajstić information content (AvgIpc) is 2.63. The second-order valence-electron chi connectivity index (χ2n) is 5.60. The molecule has 0 unspecified atom stereocenters. The molecule has 0 atom stereocenters. The van der Waals surface area contributed by atoms with Crippen molar-refractivity contribution in [3.63, 3.8) is 0 Å². The first-order valence-corrected chi connectivity index (χ1v) is 9.80. The Labute approximate surface area is 167 Å². The molecule has 10 heteroatoms. The molecule has 0 radical (unpaired) electrons. The summed E-state index contributed by atoms with van der Waals surface area (Å²) in [6.07, 6.45) is 0. The molecule has 6 nitrogen and oxygen atoms in total. The maximum atomic E-state index is 13.9. The van der Waals surface area contributed by atoms with Crippen LogP contribution in [-0.2, 0) is 21.4 Å². The van der Waals surface area contributed by atoms with Gasteiger partial charge >= 0.3 is 0 Å². The van der Waals surface area contributed by atoms with E-state index < -0.39 is 21.7 Å². The van der Waals surface area contributed by atoms with Gasteiger partial charge in [0, 0.05) is 36.8 Å². The second-order valence-corrected chi connectivity index (χ2v) is 8.32. The summed E-state index contributed by atoms with van der Waals surface area (Å²) < 4.78 is 39.4. The number of benzene rings is 2. The molecular weight excluding hydrogens is 418 g/mol. The third-order valence-electron chi connectivity index (χ3n) is 3.86. The standard InChI is InChI=1S/C17H17Cl2FN2O4S/c1-21(10-12-13(18)5-4-6-15(12)20)17(23)11-7-8-14(19)16(9-11)27(24,25)22(2)26-3/h4-9H,10H2,1-3H3. The first-order chi connectivity index (χ1) is 12.6. The van der Waals surface area contributed by atoms with Crippen molar-refractivity contribution in [3.8, 4) is 0 Å². The first kappa shape index (κ1) is 21.6. The number of nitrogens with zero attached hydrogens (tertiary/aromatic N) is 2. The van der Waals surface area contributed by atoms with Crippen LogP contribution in [0.15, 0.2) is 41.3 Å². The van der Waals surface area contributed by atoms with Crippen molar-refractivity contribution >= 4 is 39.1 Å². The van der Waals surface area contributed by atoms with Crippen LogP contribution in [0.2, 0.25) is 10.0 Å². The summed E-state index contributed by atoms with van der Waals surface area (Å²) in [6.45, 7) is -0.0903. The van der Waals surface area contributed by atoms with Crippen LogP contribution in [0, 0.1) is 5.82 Å². The van der Waals surface area contributed by atoms with E-state index in [1.807, 2.05) is 0 Å². The highest BCUT2D eigenvalue weighted by atomic mass is 35.5. The Morgan fingerprint density at radius 1 is 1.15 bits per heavy atom. The van der Waals surface area contributed by atoms with E-state index in [0.29, 0.717) is 4.47 Å². The number of hydrogen-bond acceptors (Lipinski definition) is 4. The molecule has 27 heavy (non-hydrogen) atoms. The van der Waals surface area contributed by atoms with Crippen LogP contribution >= 0.6 is 23.2 Å². The largest absolute Gasteiger partial charge is 0.337 e. The van der Waals surface area contributed by atoms with Crippen LogP contribution in [0.3, 0.4) is 0 Å². The Bertz CT molecular complexity index is 949. The van der Waals surface area contributed by atoms with Gasteiger partial charge in [-0.05, 0) is 30.3 Å². The van der Waals surface area contributed by atoms with Crippen molar-refractivity contribution in [1.82, 2.24) is 9.37 Å². The molecule has 0 aromatic heterocycles. The van der Waals surface area contributed by atoms with Gasteiger partial charge in [0.2, 0.25) is 0 Å². The van der Waals surface area contributed by atoms with Crippen molar-refractivity contribution in [3.05, 3.63) is 63.4 Å². The molecule has 0 bridgehead atoms. The molecule has 0 saturated carbocycles. The fraction of sp³-hybridized carbons (Fsp3) is 0.235. The molecule has 0 spiro atoms. The molecular formula is C17H17Cl2FN2O4S. The van der Waals surface area contributed by atoms with Crippen LogP contribution in [-0.4, -0.2) is 44.9 Å². The molecule has 2 rings (SSSR count). The highest BCUT2D eigenvalue weighted by Crippen LogP contribution is 2.26. The van der Waals surface area contributed by atoms with Gasteiger partial charge in [0.1, 0.15) is 10.7 Å². The third kappa shape index (κ3) is 4.59. The molecule has 0 aliphatic heterocycles. The smallest absolute Gasteiger partial charge is 0.266 e. The van der Waals surface area contributed by atoms with Crippen LogP contribution in [0.4, 0.5) is 4.39 Å². The second kappa shape index (κ2) is 8.53. The molecule has 1 amide bonds. The summed E-state index contributed by atoms with van der Waals surface area (Å²) in [5.74, 6) is -1.06. The summed E-state index contributed by atoms with van der Waals surface area (Å²) in [7, 11) is -0.205. The van der Waals surface area contributed by atoms with E-state index in [4.69, 9.17) is 28.0 Å². The minimum atomic E-state index is -4.05. The maximum Gasteiger partial charge on any atom is 0.266 e. The van der Waals surface area contributed by atoms with Gasteiger partial charge in [-0.3, -0.25) is 9.63 Å². The van der Waals surface area contributed by atoms with Crippen LogP contribution < -0.4 is 0 Å². The average molecular weight is 435 g/mol. The number of halogens is 3. The van der Waals surface area contributed by atoms with Crippen molar-refractivity contribution in [1.29, 1.82) is 0 Å². The molecule has 0 saturated heterocycles. The van der Waals surface area contributed by atoms with Crippen LogP contribution in [0.25, 0.3) is 0 Å². The van der Waals surface area contributed by atoms with Crippen molar-refractivity contribution < 1.29 is 22.4 Å². The zero-order valence-electron chi connectivity index (χ0n) is 14.7. The van der Waals surface area contributed by atoms with Crippen molar-refractivity contribution in [2.75, 3.05) is 21.2 Å². The zero-order chi connectivity index (χ0) is 20.4. The van der Waals surface area contributed by atoms with Gasteiger partial charge in [-0.2, -0.15) is 0 Å². The number of sulfonamides is 1. The van der Waals surface area contributed by atoms with E-state index in [1.54, 1.807) is 0 Å². The topological polar surface area (TPSA) is 66.9 Å². The van der Waals surface area contributed by atoms with Gasteiger partial charge in [-0.15, -0.1) is 0 Å². The Hall–Kier alpha value is -1.71. The van der Waals surface area contributed by atoms with Gasteiger partial charge in [0.15, 0.2) is 0 Å². The molecule has 146 valence electrons. The number of amides is 1. The predicted octanol–water partition coefficient (Wildman–Crippen LogP) is 3.59. The van der Waals surface area contributed by atoms with Crippen LogP contribution in [0.5, 0.6) is 0 Å². The van der Waals surface area contributed by atoms with E-state index in [-0.39, 0.29) is 32.6 Å². The van der Waals surface area contributed by atoms with E-state index in [1.165, 1.54) is 56.4 Å². The summed E-state index contributed by atoms with van der Waals surface area (Å²) in [4.78, 5) is 18.3. The normalized spacial score (nSPS) is 11.7. The highest BCUT2D eigenvalue weighted by Gasteiger charge is 2.26. The van der Waals surface area contributed by atoms with Gasteiger partial charge < -0.3 is 4.90 Å². The monoisotopic (exact) mass is 434 g/mol. The highest BCUT2D eigenvalue weighted by molar-refractivity contribution is 7.89. The number of hydroxylamine groups is 1. The molecule has 0 N–H and O–H groups in total. The molecule has 0 aliphatic rings. The van der Waals surface area contributed by atoms with E-state index in [2.05, 4.69) is 0 Å². The van der Waals surface area contributed by atoms with Crippen LogP contribution in [0.1, 0.15) is 15.9 Å². The molecule has 0 aliphatic carbocycles. The number of hydrogen-bond donors (Lipinski definition) is 0. The minimum Gasteiger partial charge on any atom is -0.337 e. The Morgan fingerprint density at radius 2 is 1.81 bits per heavy atom. The van der Waals surface area contributed by atoms with Crippen molar-refractivity contribution in [2.24, 2.45) is 0 Å². The lowest BCUT2D eigenvalue weighted by Crippen LogP contribution is -2.28. The summed E-state index contributed by atoms with van der Waals surface area (Å²) in [5, 5.41) is 0.131. The molecule has 0 fully saturated rings. The zero-order valence-corrected chi connectivity index (χ0v) is 17.1. The van der Waals surface area contributed by atoms with Gasteiger partial charge in [0.25, 0.3) is 15.9 Å². The Morgan fingerprint density at radius 3 is 2.41 bits per heavy atom. The van der Waals surface area contributed by atoms with E-state index in [9.17, 15) is 17.6 Å². The minimum absolute atomic E-state index is 0.0600. The summed E-state index contributed by atoms with van der Waals surface area (Å²) in [6, 6.07) is 8.06. The fourth-order valence-electron chi connectivity index (χ4n) is 2.28. The van der Waals surface area contributed by atoms with E-state index in [0.717, 1.165) is 6.07 Å². The van der Waals surface area contributed by atoms with Gasteiger partial charge in [0.05, 0.1) is 12.1 Å². The van der Waals surface area contributed by atoms with Gasteiger partial charge in [-0.1, -0.05) is 33.7 Å². The maximum absolute atomic E-state index is 13.9.